The van der Waals surface area contributed by atoms with Gasteiger partial charge in [-0.1, -0.05) is 18.2 Å². The Kier molecular flexibility index (Phi) is 4.32. The number of carbonyl (C=O) groups excluding carboxylic acids is 1. The van der Waals surface area contributed by atoms with E-state index in [0.29, 0.717) is 31.1 Å². The van der Waals surface area contributed by atoms with Crippen LogP contribution in [-0.2, 0) is 11.3 Å². The van der Waals surface area contributed by atoms with Crippen molar-refractivity contribution in [3.8, 4) is 6.07 Å². The van der Waals surface area contributed by atoms with Crippen molar-refractivity contribution in [1.82, 2.24) is 10.6 Å². The number of benzene rings is 1. The van der Waals surface area contributed by atoms with Gasteiger partial charge in [0.25, 0.3) is 0 Å². The maximum Gasteiger partial charge on any atom is 0.221 e. The van der Waals surface area contributed by atoms with Gasteiger partial charge in [0.15, 0.2) is 0 Å². The topological polar surface area (TPSA) is 64.9 Å². The van der Waals surface area contributed by atoms with Gasteiger partial charge in [0.05, 0.1) is 11.6 Å². The van der Waals surface area contributed by atoms with Gasteiger partial charge in [-0.3, -0.25) is 4.79 Å². The van der Waals surface area contributed by atoms with Crippen LogP contribution in [0.2, 0.25) is 0 Å². The molecule has 0 radical (unpaired) electrons. The van der Waals surface area contributed by atoms with E-state index in [9.17, 15) is 4.79 Å². The number of amides is 1. The molecule has 1 saturated carbocycles. The van der Waals surface area contributed by atoms with Crippen molar-refractivity contribution in [2.75, 3.05) is 6.54 Å². The second-order valence-electron chi connectivity index (χ2n) is 4.54. The fraction of sp³-hybridized carbons (Fsp3) is 0.429. The van der Waals surface area contributed by atoms with Crippen molar-refractivity contribution >= 4 is 5.91 Å². The van der Waals surface area contributed by atoms with E-state index in [2.05, 4.69) is 16.7 Å². The molecule has 0 aromatic heterocycles. The number of hydrogen-bond acceptors (Lipinski definition) is 3. The van der Waals surface area contributed by atoms with Gasteiger partial charge in [0.1, 0.15) is 0 Å². The normalized spacial score (nSPS) is 13.9. The smallest absolute Gasteiger partial charge is 0.221 e. The summed E-state index contributed by atoms with van der Waals surface area (Å²) in [6.07, 6.45) is 2.73. The fourth-order valence-electron chi connectivity index (χ4n) is 1.74. The third-order valence-electron chi connectivity index (χ3n) is 2.92. The van der Waals surface area contributed by atoms with Crippen molar-refractivity contribution < 1.29 is 4.79 Å². The fourth-order valence-corrected chi connectivity index (χ4v) is 1.74. The van der Waals surface area contributed by atoms with Crippen LogP contribution in [0.1, 0.15) is 30.4 Å². The van der Waals surface area contributed by atoms with Gasteiger partial charge in [-0.2, -0.15) is 5.26 Å². The second kappa shape index (κ2) is 6.18. The van der Waals surface area contributed by atoms with Crippen LogP contribution in [0.4, 0.5) is 0 Å². The molecule has 4 heteroatoms. The minimum absolute atomic E-state index is 0.110. The summed E-state index contributed by atoms with van der Waals surface area (Å²) in [4.78, 5) is 11.4. The zero-order chi connectivity index (χ0) is 12.8. The van der Waals surface area contributed by atoms with Crippen molar-refractivity contribution in [3.63, 3.8) is 0 Å². The summed E-state index contributed by atoms with van der Waals surface area (Å²) in [6, 6.07) is 10.1. The van der Waals surface area contributed by atoms with Crippen LogP contribution >= 0.6 is 0 Å². The maximum absolute atomic E-state index is 11.4. The third-order valence-corrected chi connectivity index (χ3v) is 2.92. The van der Waals surface area contributed by atoms with Gasteiger partial charge in [-0.05, 0) is 24.5 Å². The molecule has 0 spiro atoms. The van der Waals surface area contributed by atoms with Crippen LogP contribution < -0.4 is 10.6 Å². The largest absolute Gasteiger partial charge is 0.353 e. The molecule has 0 saturated heterocycles. The van der Waals surface area contributed by atoms with Gasteiger partial charge in [0, 0.05) is 25.6 Å². The predicted octanol–water partition coefficient (Wildman–Crippen LogP) is 1.32. The molecular weight excluding hydrogens is 226 g/mol. The lowest BCUT2D eigenvalue weighted by Gasteiger charge is -2.06. The molecule has 1 aromatic rings. The average Bonchev–Trinajstić information content (AvgIpc) is 3.19. The van der Waals surface area contributed by atoms with Gasteiger partial charge >= 0.3 is 0 Å². The standard InChI is InChI=1S/C14H17N3O/c15-9-11-3-1-2-4-12(11)10-16-8-7-14(18)17-13-5-6-13/h1-4,13,16H,5-8,10H2,(H,17,18). The van der Waals surface area contributed by atoms with Crippen LogP contribution in [0.3, 0.4) is 0 Å². The second-order valence-corrected chi connectivity index (χ2v) is 4.54. The number of nitrogens with one attached hydrogen (secondary N) is 2. The summed E-state index contributed by atoms with van der Waals surface area (Å²) in [6.45, 7) is 1.26. The Balaban J connectivity index is 1.68. The van der Waals surface area contributed by atoms with Crippen LogP contribution in [0.5, 0.6) is 0 Å². The van der Waals surface area contributed by atoms with Gasteiger partial charge in [0.2, 0.25) is 5.91 Å². The molecule has 2 N–H and O–H groups in total. The molecule has 94 valence electrons. The van der Waals surface area contributed by atoms with E-state index < -0.39 is 0 Å². The molecule has 1 aliphatic carbocycles. The molecule has 0 heterocycles. The molecule has 1 aliphatic rings. The summed E-state index contributed by atoms with van der Waals surface area (Å²) in [5, 5.41) is 15.1. The molecule has 18 heavy (non-hydrogen) atoms. The van der Waals surface area contributed by atoms with E-state index in [1.165, 1.54) is 0 Å². The van der Waals surface area contributed by atoms with E-state index in [1.54, 1.807) is 6.07 Å². The molecule has 4 nitrogen and oxygen atoms in total. The number of nitriles is 1. The number of hydrogen-bond donors (Lipinski definition) is 2. The van der Waals surface area contributed by atoms with Crippen molar-refractivity contribution in [3.05, 3.63) is 35.4 Å². The molecule has 1 aromatic carbocycles. The summed E-state index contributed by atoms with van der Waals surface area (Å²) in [5.41, 5.74) is 1.66. The molecule has 0 atom stereocenters. The van der Waals surface area contributed by atoms with E-state index in [-0.39, 0.29) is 5.91 Å². The van der Waals surface area contributed by atoms with E-state index in [4.69, 9.17) is 5.26 Å². The quantitative estimate of drug-likeness (QED) is 0.740. The van der Waals surface area contributed by atoms with Crippen LogP contribution in [0.25, 0.3) is 0 Å². The molecule has 0 aliphatic heterocycles. The number of carbonyl (C=O) groups is 1. The van der Waals surface area contributed by atoms with Crippen LogP contribution in [0.15, 0.2) is 24.3 Å². The molecule has 0 bridgehead atoms. The Hall–Kier alpha value is -1.86. The van der Waals surface area contributed by atoms with Gasteiger partial charge in [-0.15, -0.1) is 0 Å². The minimum Gasteiger partial charge on any atom is -0.353 e. The summed E-state index contributed by atoms with van der Waals surface area (Å²) in [7, 11) is 0. The molecule has 2 rings (SSSR count). The van der Waals surface area contributed by atoms with Crippen molar-refractivity contribution in [2.45, 2.75) is 31.8 Å². The minimum atomic E-state index is 0.110. The highest BCUT2D eigenvalue weighted by Crippen LogP contribution is 2.18. The Labute approximate surface area is 107 Å². The highest BCUT2D eigenvalue weighted by atomic mass is 16.1. The lowest BCUT2D eigenvalue weighted by atomic mass is 10.1. The Bertz CT molecular complexity index is 460. The molecule has 1 fully saturated rings. The summed E-state index contributed by atoms with van der Waals surface area (Å²) in [5.74, 6) is 0.110. The van der Waals surface area contributed by atoms with Crippen LogP contribution in [-0.4, -0.2) is 18.5 Å². The molecule has 1 amide bonds. The lowest BCUT2D eigenvalue weighted by molar-refractivity contribution is -0.121. The van der Waals surface area contributed by atoms with Crippen LogP contribution in [0, 0.1) is 11.3 Å². The first kappa shape index (κ1) is 12.6. The highest BCUT2D eigenvalue weighted by Gasteiger charge is 2.22. The summed E-state index contributed by atoms with van der Waals surface area (Å²) >= 11 is 0. The van der Waals surface area contributed by atoms with Crippen molar-refractivity contribution in [1.29, 1.82) is 5.26 Å². The SMILES string of the molecule is N#Cc1ccccc1CNCCC(=O)NC1CC1. The Morgan fingerprint density at radius 3 is 2.89 bits per heavy atom. The maximum atomic E-state index is 11.4. The monoisotopic (exact) mass is 243 g/mol. The first-order chi connectivity index (χ1) is 8.79. The third kappa shape index (κ3) is 3.86. The van der Waals surface area contributed by atoms with Gasteiger partial charge in [-0.25, -0.2) is 0 Å². The number of nitrogens with zero attached hydrogens (tertiary/aromatic N) is 1. The van der Waals surface area contributed by atoms with E-state index >= 15 is 0 Å². The lowest BCUT2D eigenvalue weighted by Crippen LogP contribution is -2.29. The van der Waals surface area contributed by atoms with Gasteiger partial charge < -0.3 is 10.6 Å². The van der Waals surface area contributed by atoms with Crippen molar-refractivity contribution in [2.24, 2.45) is 0 Å². The summed E-state index contributed by atoms with van der Waals surface area (Å²) < 4.78 is 0. The van der Waals surface area contributed by atoms with E-state index in [1.807, 2.05) is 18.2 Å². The van der Waals surface area contributed by atoms with E-state index in [0.717, 1.165) is 18.4 Å². The highest BCUT2D eigenvalue weighted by molar-refractivity contribution is 5.76. The zero-order valence-electron chi connectivity index (χ0n) is 10.3. The average molecular weight is 243 g/mol. The molecular formula is C14H17N3O. The Morgan fingerprint density at radius 1 is 1.39 bits per heavy atom. The zero-order valence-corrected chi connectivity index (χ0v) is 10.3. The first-order valence-electron chi connectivity index (χ1n) is 6.27. The number of rotatable bonds is 6. The predicted molar refractivity (Wildman–Crippen MR) is 68.6 cm³/mol. The first-order valence-corrected chi connectivity index (χ1v) is 6.27. The Morgan fingerprint density at radius 2 is 2.17 bits per heavy atom. The molecule has 0 unspecified atom stereocenters.